The van der Waals surface area contributed by atoms with Crippen LogP contribution in [0, 0.1) is 6.92 Å². The van der Waals surface area contributed by atoms with Gasteiger partial charge in [-0.3, -0.25) is 4.79 Å². The van der Waals surface area contributed by atoms with Crippen molar-refractivity contribution in [2.24, 2.45) is 0 Å². The Morgan fingerprint density at radius 2 is 2.00 bits per heavy atom. The Kier molecular flexibility index (Phi) is 5.57. The minimum absolute atomic E-state index is 0.0402. The summed E-state index contributed by atoms with van der Waals surface area (Å²) >= 11 is 0. The quantitative estimate of drug-likeness (QED) is 0.614. The van der Waals surface area contributed by atoms with E-state index in [1.807, 2.05) is 18.4 Å². The Morgan fingerprint density at radius 3 is 2.68 bits per heavy atom. The van der Waals surface area contributed by atoms with Gasteiger partial charge < -0.3 is 19.9 Å². The largest absolute Gasteiger partial charge is 0.390 e. The summed E-state index contributed by atoms with van der Waals surface area (Å²) in [6.07, 6.45) is 5.97. The first-order valence-corrected chi connectivity index (χ1v) is 10.5. The van der Waals surface area contributed by atoms with Crippen LogP contribution in [0.1, 0.15) is 39.4 Å². The van der Waals surface area contributed by atoms with E-state index in [2.05, 4.69) is 25.3 Å². The van der Waals surface area contributed by atoms with E-state index in [-0.39, 0.29) is 18.4 Å². The number of hydrogen-bond acceptors (Lipinski definition) is 8. The summed E-state index contributed by atoms with van der Waals surface area (Å²) in [5, 5.41) is 13.4. The van der Waals surface area contributed by atoms with Crippen LogP contribution >= 0.6 is 0 Å². The Balaban J connectivity index is 1.58. The minimum atomic E-state index is -1.01. The molecule has 10 heteroatoms. The summed E-state index contributed by atoms with van der Waals surface area (Å²) < 4.78 is 2.02. The molecule has 0 saturated carbocycles. The summed E-state index contributed by atoms with van der Waals surface area (Å²) in [4.78, 5) is 36.5. The van der Waals surface area contributed by atoms with Crippen molar-refractivity contribution in [3.05, 3.63) is 24.5 Å². The molecule has 1 amide bonds. The maximum atomic E-state index is 12.4. The highest BCUT2D eigenvalue weighted by Crippen LogP contribution is 2.27. The number of rotatable bonds is 6. The van der Waals surface area contributed by atoms with Gasteiger partial charge >= 0.3 is 0 Å². The van der Waals surface area contributed by atoms with Crippen molar-refractivity contribution in [2.75, 3.05) is 18.4 Å². The number of carbonyl (C=O) groups excluding carboxylic acids is 1. The summed E-state index contributed by atoms with van der Waals surface area (Å²) in [7, 11) is 0. The van der Waals surface area contributed by atoms with Crippen LogP contribution in [0.25, 0.3) is 22.6 Å². The number of nitrogens with zero attached hydrogens (tertiary/aromatic N) is 7. The Bertz CT molecular complexity index is 1090. The van der Waals surface area contributed by atoms with Crippen molar-refractivity contribution in [1.82, 2.24) is 34.4 Å². The number of nitrogens with one attached hydrogen (secondary N) is 1. The van der Waals surface area contributed by atoms with E-state index >= 15 is 0 Å². The second-order valence-corrected chi connectivity index (χ2v) is 8.55. The fourth-order valence-electron chi connectivity index (χ4n) is 3.85. The maximum Gasteiger partial charge on any atom is 0.225 e. The van der Waals surface area contributed by atoms with Crippen molar-refractivity contribution in [3.63, 3.8) is 0 Å². The standard InChI is InChI=1S/C21H28N8O2/c1-5-29-19(14-9-22-13(2)23-10-14)27-17-18(24-12-25-20(17)29)26-15-6-7-28(11-15)16(30)8-21(3,4)31/h9-10,12,15,31H,5-8,11H2,1-4H3,(H,24,25,26). The third kappa shape index (κ3) is 4.48. The van der Waals surface area contributed by atoms with Gasteiger partial charge in [-0.05, 0) is 34.1 Å². The lowest BCUT2D eigenvalue weighted by Crippen LogP contribution is -2.36. The van der Waals surface area contributed by atoms with Gasteiger partial charge in [-0.15, -0.1) is 0 Å². The molecule has 4 heterocycles. The number of hydrogen-bond donors (Lipinski definition) is 2. The van der Waals surface area contributed by atoms with Gasteiger partial charge in [-0.2, -0.15) is 0 Å². The number of amides is 1. The molecule has 1 aliphatic heterocycles. The number of carbonyl (C=O) groups is 1. The molecule has 1 atom stereocenters. The van der Waals surface area contributed by atoms with Gasteiger partial charge in [-0.25, -0.2) is 24.9 Å². The highest BCUT2D eigenvalue weighted by atomic mass is 16.3. The van der Waals surface area contributed by atoms with Crippen LogP contribution in [0.5, 0.6) is 0 Å². The van der Waals surface area contributed by atoms with E-state index in [1.54, 1.807) is 31.1 Å². The SMILES string of the molecule is CCn1c(-c2cnc(C)nc2)nc2c(NC3CCN(C(=O)CC(C)(C)O)C3)ncnc21. The lowest BCUT2D eigenvalue weighted by molar-refractivity contribution is -0.134. The molecule has 1 fully saturated rings. The zero-order chi connectivity index (χ0) is 22.2. The zero-order valence-electron chi connectivity index (χ0n) is 18.3. The monoisotopic (exact) mass is 424 g/mol. The molecule has 3 aromatic heterocycles. The molecule has 0 bridgehead atoms. The first-order chi connectivity index (χ1) is 14.7. The Morgan fingerprint density at radius 1 is 1.26 bits per heavy atom. The summed E-state index contributed by atoms with van der Waals surface area (Å²) in [5.41, 5.74) is 1.23. The number of aromatic nitrogens is 6. The molecule has 0 radical (unpaired) electrons. The number of likely N-dealkylation sites (tertiary alicyclic amines) is 1. The van der Waals surface area contributed by atoms with Gasteiger partial charge in [0.15, 0.2) is 17.0 Å². The molecule has 4 rings (SSSR count). The van der Waals surface area contributed by atoms with Gasteiger partial charge in [-0.1, -0.05) is 0 Å². The predicted molar refractivity (Wildman–Crippen MR) is 116 cm³/mol. The lowest BCUT2D eigenvalue weighted by atomic mass is 10.1. The summed E-state index contributed by atoms with van der Waals surface area (Å²) in [6, 6.07) is 0.0572. The van der Waals surface area contributed by atoms with Crippen LogP contribution in [0.15, 0.2) is 18.7 Å². The van der Waals surface area contributed by atoms with Crippen LogP contribution < -0.4 is 5.32 Å². The van der Waals surface area contributed by atoms with Crippen LogP contribution in [0.2, 0.25) is 0 Å². The Hall–Kier alpha value is -3.14. The van der Waals surface area contributed by atoms with E-state index in [1.165, 1.54) is 6.33 Å². The van der Waals surface area contributed by atoms with Crippen LogP contribution in [-0.2, 0) is 11.3 Å². The molecule has 10 nitrogen and oxygen atoms in total. The second kappa shape index (κ2) is 8.18. The van der Waals surface area contributed by atoms with Crippen LogP contribution in [-0.4, -0.2) is 70.1 Å². The topological polar surface area (TPSA) is 122 Å². The molecule has 0 spiro atoms. The molecule has 0 aromatic carbocycles. The van der Waals surface area contributed by atoms with E-state index < -0.39 is 5.60 Å². The average molecular weight is 425 g/mol. The van der Waals surface area contributed by atoms with Gasteiger partial charge in [0.2, 0.25) is 5.91 Å². The van der Waals surface area contributed by atoms with Crippen molar-refractivity contribution < 1.29 is 9.90 Å². The first kappa shape index (κ1) is 21.1. The molecule has 2 N–H and O–H groups in total. The number of anilines is 1. The molecular weight excluding hydrogens is 396 g/mol. The molecule has 1 unspecified atom stereocenters. The fourth-order valence-corrected chi connectivity index (χ4v) is 3.85. The second-order valence-electron chi connectivity index (χ2n) is 8.55. The molecule has 31 heavy (non-hydrogen) atoms. The number of aliphatic hydroxyl groups is 1. The highest BCUT2D eigenvalue weighted by Gasteiger charge is 2.30. The van der Waals surface area contributed by atoms with Crippen molar-refractivity contribution >= 4 is 22.9 Å². The number of aryl methyl sites for hydroxylation is 2. The number of fused-ring (bicyclic) bond motifs is 1. The van der Waals surface area contributed by atoms with Crippen molar-refractivity contribution in [2.45, 2.75) is 58.7 Å². The van der Waals surface area contributed by atoms with Crippen molar-refractivity contribution in [3.8, 4) is 11.4 Å². The lowest BCUT2D eigenvalue weighted by Gasteiger charge is -2.22. The average Bonchev–Trinajstić information content (AvgIpc) is 3.32. The summed E-state index contributed by atoms with van der Waals surface area (Å²) in [5.74, 6) is 2.05. The molecule has 1 aliphatic rings. The molecule has 1 saturated heterocycles. The normalized spacial score (nSPS) is 16.8. The van der Waals surface area contributed by atoms with E-state index in [4.69, 9.17) is 4.98 Å². The smallest absolute Gasteiger partial charge is 0.225 e. The zero-order valence-corrected chi connectivity index (χ0v) is 18.3. The number of imidazole rings is 1. The predicted octanol–water partition coefficient (Wildman–Crippen LogP) is 1.79. The van der Waals surface area contributed by atoms with E-state index in [9.17, 15) is 9.90 Å². The van der Waals surface area contributed by atoms with Crippen LogP contribution in [0.3, 0.4) is 0 Å². The third-order valence-corrected chi connectivity index (χ3v) is 5.35. The summed E-state index contributed by atoms with van der Waals surface area (Å²) in [6.45, 7) is 9.09. The van der Waals surface area contributed by atoms with Gasteiger partial charge in [0, 0.05) is 38.1 Å². The van der Waals surface area contributed by atoms with Crippen molar-refractivity contribution in [1.29, 1.82) is 0 Å². The van der Waals surface area contributed by atoms with Gasteiger partial charge in [0.25, 0.3) is 0 Å². The maximum absolute atomic E-state index is 12.4. The fraction of sp³-hybridized carbons (Fsp3) is 0.524. The molecule has 164 valence electrons. The molecule has 3 aromatic rings. The highest BCUT2D eigenvalue weighted by molar-refractivity contribution is 5.86. The van der Waals surface area contributed by atoms with Crippen LogP contribution in [0.4, 0.5) is 5.82 Å². The first-order valence-electron chi connectivity index (χ1n) is 10.5. The van der Waals surface area contributed by atoms with Gasteiger partial charge in [0.05, 0.1) is 17.6 Å². The molecular formula is C21H28N8O2. The minimum Gasteiger partial charge on any atom is -0.390 e. The van der Waals surface area contributed by atoms with E-state index in [0.717, 1.165) is 23.5 Å². The van der Waals surface area contributed by atoms with E-state index in [0.29, 0.717) is 36.8 Å². The third-order valence-electron chi connectivity index (χ3n) is 5.35. The Labute approximate surface area is 180 Å². The van der Waals surface area contributed by atoms with Gasteiger partial charge in [0.1, 0.15) is 18.0 Å². The molecule has 0 aliphatic carbocycles.